The number of unbranched alkanes of at least 4 members (excludes halogenated alkanes) is 1. The predicted octanol–water partition coefficient (Wildman–Crippen LogP) is 2.16. The highest BCUT2D eigenvalue weighted by molar-refractivity contribution is 14.0. The molecule has 2 aliphatic heterocycles. The van der Waals surface area contributed by atoms with Crippen LogP contribution < -0.4 is 10.2 Å². The normalized spacial score (nSPS) is 19.2. The van der Waals surface area contributed by atoms with E-state index in [0.29, 0.717) is 13.1 Å². The number of piperazine rings is 1. The Morgan fingerprint density at radius 1 is 1.23 bits per heavy atom. The van der Waals surface area contributed by atoms with Gasteiger partial charge in [-0.05, 0) is 58.2 Å². The van der Waals surface area contributed by atoms with Crippen molar-refractivity contribution >= 4 is 41.5 Å². The smallest absolute Gasteiger partial charge is 0.246 e. The van der Waals surface area contributed by atoms with Gasteiger partial charge in [0.2, 0.25) is 5.91 Å². The number of aliphatic imine (C=N–C) groups is 1. The molecule has 3 rings (SSSR count). The van der Waals surface area contributed by atoms with Gasteiger partial charge in [-0.25, -0.2) is 0 Å². The molecule has 0 radical (unpaired) electrons. The lowest BCUT2D eigenvalue weighted by molar-refractivity contribution is -0.120. The summed E-state index contributed by atoms with van der Waals surface area (Å²) >= 11 is 0. The fourth-order valence-corrected chi connectivity index (χ4v) is 4.02. The molecule has 2 saturated heterocycles. The Labute approximate surface area is 198 Å². The summed E-state index contributed by atoms with van der Waals surface area (Å²) in [6.45, 7) is 11.5. The van der Waals surface area contributed by atoms with Crippen molar-refractivity contribution in [1.82, 2.24) is 24.9 Å². The van der Waals surface area contributed by atoms with E-state index in [9.17, 15) is 4.79 Å². The predicted molar refractivity (Wildman–Crippen MR) is 133 cm³/mol. The largest absolute Gasteiger partial charge is 0.357 e. The maximum absolute atomic E-state index is 12.7. The number of hydrogen-bond acceptors (Lipinski definition) is 4. The molecular weight excluding hydrogens is 493 g/mol. The first-order valence-electron chi connectivity index (χ1n) is 11.1. The van der Waals surface area contributed by atoms with E-state index >= 15 is 0 Å². The number of halogens is 1. The van der Waals surface area contributed by atoms with Crippen LogP contribution in [0.2, 0.25) is 0 Å². The number of aromatic nitrogens is 2. The van der Waals surface area contributed by atoms with Gasteiger partial charge in [-0.3, -0.25) is 14.5 Å². The van der Waals surface area contributed by atoms with Gasteiger partial charge in [0.15, 0.2) is 5.96 Å². The summed E-state index contributed by atoms with van der Waals surface area (Å²) in [5.74, 6) is 1.84. The van der Waals surface area contributed by atoms with Gasteiger partial charge in [0.1, 0.15) is 6.54 Å². The van der Waals surface area contributed by atoms with E-state index in [1.165, 1.54) is 38.9 Å². The van der Waals surface area contributed by atoms with E-state index in [1.54, 1.807) is 10.9 Å². The first-order chi connectivity index (χ1) is 14.1. The van der Waals surface area contributed by atoms with Crippen molar-refractivity contribution in [3.63, 3.8) is 0 Å². The van der Waals surface area contributed by atoms with Crippen LogP contribution in [0.3, 0.4) is 0 Å². The maximum Gasteiger partial charge on any atom is 0.246 e. The highest BCUT2D eigenvalue weighted by Gasteiger charge is 2.27. The number of carbonyl (C=O) groups is 1. The zero-order chi connectivity index (χ0) is 20.6. The summed E-state index contributed by atoms with van der Waals surface area (Å²) < 4.78 is 1.73. The molecule has 30 heavy (non-hydrogen) atoms. The molecule has 2 aliphatic rings. The van der Waals surface area contributed by atoms with Gasteiger partial charge in [-0.2, -0.15) is 5.10 Å². The SMILES string of the molecule is CCNC(=NCCCCN1CCC(C)CC1)N1CCN(c2cnn(C)c2)C(=O)C1.I. The number of nitrogens with zero attached hydrogens (tertiary/aromatic N) is 6. The monoisotopic (exact) mass is 531 g/mol. The number of piperidine rings is 1. The van der Waals surface area contributed by atoms with Crippen LogP contribution in [0, 0.1) is 5.92 Å². The lowest BCUT2D eigenvalue weighted by Gasteiger charge is -2.35. The Bertz CT molecular complexity index is 685. The van der Waals surface area contributed by atoms with Crippen LogP contribution in [0.1, 0.15) is 39.5 Å². The Morgan fingerprint density at radius 3 is 2.63 bits per heavy atom. The summed E-state index contributed by atoms with van der Waals surface area (Å²) in [7, 11) is 1.87. The molecule has 1 aromatic heterocycles. The maximum atomic E-state index is 12.7. The van der Waals surface area contributed by atoms with Gasteiger partial charge in [0, 0.05) is 39.4 Å². The van der Waals surface area contributed by atoms with Gasteiger partial charge in [0.05, 0.1) is 11.9 Å². The molecule has 0 aromatic carbocycles. The molecule has 170 valence electrons. The molecule has 0 spiro atoms. The molecule has 1 N–H and O–H groups in total. The second-order valence-electron chi connectivity index (χ2n) is 8.31. The number of nitrogens with one attached hydrogen (secondary N) is 1. The molecular formula is C21H38IN7O. The van der Waals surface area contributed by atoms with Crippen LogP contribution >= 0.6 is 24.0 Å². The van der Waals surface area contributed by atoms with Crippen LogP contribution in [0.5, 0.6) is 0 Å². The number of rotatable bonds is 7. The number of aryl methyl sites for hydroxylation is 1. The van der Waals surface area contributed by atoms with E-state index in [4.69, 9.17) is 4.99 Å². The Hall–Kier alpha value is -1.36. The highest BCUT2D eigenvalue weighted by atomic mass is 127. The second kappa shape index (κ2) is 12.5. The number of carbonyl (C=O) groups excluding carboxylic acids is 1. The van der Waals surface area contributed by atoms with E-state index in [2.05, 4.69) is 34.1 Å². The molecule has 0 aliphatic carbocycles. The van der Waals surface area contributed by atoms with Crippen molar-refractivity contribution in [2.24, 2.45) is 18.0 Å². The molecule has 8 nitrogen and oxygen atoms in total. The van der Waals surface area contributed by atoms with Crippen molar-refractivity contribution in [2.45, 2.75) is 39.5 Å². The average Bonchev–Trinajstić information content (AvgIpc) is 3.14. The number of likely N-dealkylation sites (tertiary alicyclic amines) is 1. The Balaban J connectivity index is 0.00000320. The zero-order valence-corrected chi connectivity index (χ0v) is 21.0. The molecule has 3 heterocycles. The van der Waals surface area contributed by atoms with E-state index in [0.717, 1.165) is 43.6 Å². The fraction of sp³-hybridized carbons (Fsp3) is 0.762. The zero-order valence-electron chi connectivity index (χ0n) is 18.7. The minimum Gasteiger partial charge on any atom is -0.357 e. The summed E-state index contributed by atoms with van der Waals surface area (Å²) in [5.41, 5.74) is 0.867. The number of hydrogen-bond donors (Lipinski definition) is 1. The van der Waals surface area contributed by atoms with Gasteiger partial charge in [0.25, 0.3) is 0 Å². The average molecular weight is 531 g/mol. The third kappa shape index (κ3) is 7.11. The van der Waals surface area contributed by atoms with Gasteiger partial charge < -0.3 is 20.0 Å². The quantitative estimate of drug-likeness (QED) is 0.253. The van der Waals surface area contributed by atoms with Crippen LogP contribution in [0.4, 0.5) is 5.69 Å². The highest BCUT2D eigenvalue weighted by Crippen LogP contribution is 2.17. The van der Waals surface area contributed by atoms with Crippen molar-refractivity contribution in [1.29, 1.82) is 0 Å². The van der Waals surface area contributed by atoms with Crippen molar-refractivity contribution < 1.29 is 4.79 Å². The number of amides is 1. The van der Waals surface area contributed by atoms with Gasteiger partial charge >= 0.3 is 0 Å². The molecule has 2 fully saturated rings. The first kappa shape index (κ1) is 24.9. The summed E-state index contributed by atoms with van der Waals surface area (Å²) in [5, 5.41) is 7.53. The van der Waals surface area contributed by atoms with E-state index in [-0.39, 0.29) is 29.9 Å². The molecule has 0 atom stereocenters. The van der Waals surface area contributed by atoms with Gasteiger partial charge in [-0.15, -0.1) is 24.0 Å². The third-order valence-corrected chi connectivity index (χ3v) is 5.88. The Kier molecular flexibility index (Phi) is 10.4. The number of anilines is 1. The molecule has 9 heteroatoms. The third-order valence-electron chi connectivity index (χ3n) is 5.88. The first-order valence-corrected chi connectivity index (χ1v) is 11.1. The van der Waals surface area contributed by atoms with Crippen molar-refractivity contribution in [3.05, 3.63) is 12.4 Å². The summed E-state index contributed by atoms with van der Waals surface area (Å²) in [6.07, 6.45) is 8.57. The summed E-state index contributed by atoms with van der Waals surface area (Å²) in [6, 6.07) is 0. The topological polar surface area (TPSA) is 69.0 Å². The van der Waals surface area contributed by atoms with E-state index in [1.807, 2.05) is 18.1 Å². The minimum atomic E-state index is 0. The van der Waals surface area contributed by atoms with Crippen LogP contribution in [-0.4, -0.2) is 83.8 Å². The lowest BCUT2D eigenvalue weighted by atomic mass is 9.99. The van der Waals surface area contributed by atoms with Crippen LogP contribution in [-0.2, 0) is 11.8 Å². The van der Waals surface area contributed by atoms with Crippen molar-refractivity contribution in [3.8, 4) is 0 Å². The second-order valence-corrected chi connectivity index (χ2v) is 8.31. The van der Waals surface area contributed by atoms with Crippen LogP contribution in [0.15, 0.2) is 17.4 Å². The fourth-order valence-electron chi connectivity index (χ4n) is 4.02. The standard InChI is InChI=1S/C21H37N7O.HI/c1-4-22-21(23-9-5-6-10-26-11-7-18(2)8-12-26)27-13-14-28(20(29)17-27)19-15-24-25(3)16-19;/h15-16,18H,4-14,17H2,1-3H3,(H,22,23);1H. The van der Waals surface area contributed by atoms with Crippen LogP contribution in [0.25, 0.3) is 0 Å². The minimum absolute atomic E-state index is 0. The molecule has 0 saturated carbocycles. The molecule has 1 amide bonds. The van der Waals surface area contributed by atoms with Crippen molar-refractivity contribution in [2.75, 3.05) is 57.3 Å². The Morgan fingerprint density at radius 2 is 2.00 bits per heavy atom. The molecule has 1 aromatic rings. The van der Waals surface area contributed by atoms with Gasteiger partial charge in [-0.1, -0.05) is 6.92 Å². The lowest BCUT2D eigenvalue weighted by Crippen LogP contribution is -2.55. The molecule has 0 unspecified atom stereocenters. The number of guanidine groups is 1. The summed E-state index contributed by atoms with van der Waals surface area (Å²) in [4.78, 5) is 23.9. The van der Waals surface area contributed by atoms with E-state index < -0.39 is 0 Å². The molecule has 0 bridgehead atoms.